The molecule has 0 aliphatic carbocycles. The number of nitrogen functional groups attached to an aromatic ring is 1. The molecule has 4 heteroatoms. The highest BCUT2D eigenvalue weighted by atomic mass is 16.5. The second-order valence-electron chi connectivity index (χ2n) is 5.53. The van der Waals surface area contributed by atoms with E-state index in [1.165, 1.54) is 0 Å². The van der Waals surface area contributed by atoms with Crippen LogP contribution in [-0.4, -0.2) is 21.8 Å². The topological polar surface area (TPSA) is 53.1 Å². The van der Waals surface area contributed by atoms with Gasteiger partial charge in [-0.3, -0.25) is 0 Å². The summed E-state index contributed by atoms with van der Waals surface area (Å²) in [5, 5.41) is 0. The van der Waals surface area contributed by atoms with Crippen LogP contribution in [0.15, 0.2) is 36.7 Å². The summed E-state index contributed by atoms with van der Waals surface area (Å²) in [4.78, 5) is 4.39. The van der Waals surface area contributed by atoms with E-state index in [0.717, 1.165) is 23.6 Å². The van der Waals surface area contributed by atoms with Crippen molar-refractivity contribution in [2.24, 2.45) is 0 Å². The van der Waals surface area contributed by atoms with E-state index in [0.29, 0.717) is 6.61 Å². The zero-order valence-electron chi connectivity index (χ0n) is 11.8. The lowest BCUT2D eigenvalue weighted by molar-refractivity contribution is -0.00669. The Bertz CT molecular complexity index is 540. The van der Waals surface area contributed by atoms with E-state index in [4.69, 9.17) is 10.5 Å². The maximum Gasteiger partial charge on any atom is 0.140 e. The highest BCUT2D eigenvalue weighted by Gasteiger charge is 2.11. The van der Waals surface area contributed by atoms with Crippen molar-refractivity contribution in [1.82, 2.24) is 9.55 Å². The zero-order valence-corrected chi connectivity index (χ0v) is 11.8. The molecule has 2 aromatic rings. The van der Waals surface area contributed by atoms with Gasteiger partial charge in [-0.05, 0) is 32.9 Å². The summed E-state index contributed by atoms with van der Waals surface area (Å²) in [5.41, 5.74) is 7.47. The van der Waals surface area contributed by atoms with Gasteiger partial charge in [-0.2, -0.15) is 0 Å². The fourth-order valence-corrected chi connectivity index (χ4v) is 1.88. The molecule has 102 valence electrons. The molecule has 0 unspecified atom stereocenters. The molecule has 1 aromatic heterocycles. The number of anilines is 1. The van der Waals surface area contributed by atoms with Gasteiger partial charge in [-0.1, -0.05) is 12.1 Å². The molecule has 0 aliphatic rings. The SMILES string of the molecule is CC(C)(C)OCCn1ccnc1-c1cccc(N)c1. The summed E-state index contributed by atoms with van der Waals surface area (Å²) >= 11 is 0. The van der Waals surface area contributed by atoms with Gasteiger partial charge in [0.25, 0.3) is 0 Å². The smallest absolute Gasteiger partial charge is 0.140 e. The monoisotopic (exact) mass is 259 g/mol. The van der Waals surface area contributed by atoms with Crippen molar-refractivity contribution in [2.45, 2.75) is 32.9 Å². The van der Waals surface area contributed by atoms with Gasteiger partial charge in [-0.25, -0.2) is 4.98 Å². The van der Waals surface area contributed by atoms with Gasteiger partial charge < -0.3 is 15.0 Å². The molecule has 0 bridgehead atoms. The third-order valence-corrected chi connectivity index (χ3v) is 2.73. The summed E-state index contributed by atoms with van der Waals surface area (Å²) in [6, 6.07) is 7.76. The molecule has 2 N–H and O–H groups in total. The van der Waals surface area contributed by atoms with Crippen molar-refractivity contribution in [1.29, 1.82) is 0 Å². The largest absolute Gasteiger partial charge is 0.399 e. The number of hydrogen-bond donors (Lipinski definition) is 1. The zero-order chi connectivity index (χ0) is 13.9. The van der Waals surface area contributed by atoms with Crippen molar-refractivity contribution >= 4 is 5.69 Å². The van der Waals surface area contributed by atoms with Crippen LogP contribution in [0.2, 0.25) is 0 Å². The summed E-state index contributed by atoms with van der Waals surface area (Å²) < 4.78 is 7.83. The Morgan fingerprint density at radius 3 is 2.79 bits per heavy atom. The van der Waals surface area contributed by atoms with Crippen LogP contribution in [0.4, 0.5) is 5.69 Å². The summed E-state index contributed by atoms with van der Waals surface area (Å²) in [7, 11) is 0. The Morgan fingerprint density at radius 1 is 1.32 bits per heavy atom. The van der Waals surface area contributed by atoms with Gasteiger partial charge >= 0.3 is 0 Å². The Kier molecular flexibility index (Phi) is 3.90. The van der Waals surface area contributed by atoms with E-state index >= 15 is 0 Å². The third-order valence-electron chi connectivity index (χ3n) is 2.73. The fourth-order valence-electron chi connectivity index (χ4n) is 1.88. The molecule has 0 amide bonds. The van der Waals surface area contributed by atoms with Gasteiger partial charge in [0.15, 0.2) is 0 Å². The van der Waals surface area contributed by atoms with Gasteiger partial charge in [0.05, 0.1) is 12.2 Å². The minimum Gasteiger partial charge on any atom is -0.399 e. The van der Waals surface area contributed by atoms with Crippen molar-refractivity contribution in [3.05, 3.63) is 36.7 Å². The standard InChI is InChI=1S/C15H21N3O/c1-15(2,3)19-10-9-18-8-7-17-14(18)12-5-4-6-13(16)11-12/h4-8,11H,9-10,16H2,1-3H3. The first-order valence-corrected chi connectivity index (χ1v) is 6.47. The first-order valence-electron chi connectivity index (χ1n) is 6.47. The van der Waals surface area contributed by atoms with Gasteiger partial charge in [-0.15, -0.1) is 0 Å². The Balaban J connectivity index is 2.10. The Labute approximate surface area is 114 Å². The average molecular weight is 259 g/mol. The minimum atomic E-state index is -0.113. The van der Waals surface area contributed by atoms with E-state index in [2.05, 4.69) is 30.3 Å². The number of hydrogen-bond acceptors (Lipinski definition) is 3. The van der Waals surface area contributed by atoms with Crippen LogP contribution >= 0.6 is 0 Å². The van der Waals surface area contributed by atoms with E-state index < -0.39 is 0 Å². The van der Waals surface area contributed by atoms with Crippen molar-refractivity contribution < 1.29 is 4.74 Å². The van der Waals surface area contributed by atoms with Crippen LogP contribution in [0.5, 0.6) is 0 Å². The van der Waals surface area contributed by atoms with E-state index in [1.54, 1.807) is 6.20 Å². The van der Waals surface area contributed by atoms with Crippen LogP contribution in [0, 0.1) is 0 Å². The first-order chi connectivity index (χ1) is 8.96. The molecule has 2 rings (SSSR count). The lowest BCUT2D eigenvalue weighted by atomic mass is 10.2. The van der Waals surface area contributed by atoms with Crippen molar-refractivity contribution in [2.75, 3.05) is 12.3 Å². The lowest BCUT2D eigenvalue weighted by Crippen LogP contribution is -2.21. The highest BCUT2D eigenvalue weighted by molar-refractivity contribution is 5.61. The maximum atomic E-state index is 5.81. The summed E-state index contributed by atoms with van der Waals surface area (Å²) in [6.07, 6.45) is 3.76. The molecule has 1 heterocycles. The van der Waals surface area contributed by atoms with Crippen LogP contribution in [0.3, 0.4) is 0 Å². The maximum absolute atomic E-state index is 5.81. The minimum absolute atomic E-state index is 0.113. The van der Waals surface area contributed by atoms with Crippen LogP contribution < -0.4 is 5.73 Å². The van der Waals surface area contributed by atoms with Crippen LogP contribution in [0.1, 0.15) is 20.8 Å². The summed E-state index contributed by atoms with van der Waals surface area (Å²) in [6.45, 7) is 7.61. The van der Waals surface area contributed by atoms with E-state index in [9.17, 15) is 0 Å². The molecule has 0 spiro atoms. The third kappa shape index (κ3) is 3.83. The van der Waals surface area contributed by atoms with Gasteiger partial charge in [0.1, 0.15) is 5.82 Å². The van der Waals surface area contributed by atoms with E-state index in [-0.39, 0.29) is 5.60 Å². The van der Waals surface area contributed by atoms with Crippen LogP contribution in [0.25, 0.3) is 11.4 Å². The predicted octanol–water partition coefficient (Wildman–Crippen LogP) is 2.95. The second-order valence-corrected chi connectivity index (χ2v) is 5.53. The average Bonchev–Trinajstić information content (AvgIpc) is 2.75. The molecule has 0 radical (unpaired) electrons. The number of benzene rings is 1. The molecule has 0 saturated carbocycles. The number of aromatic nitrogens is 2. The second kappa shape index (κ2) is 5.45. The number of imidazole rings is 1. The normalized spacial score (nSPS) is 11.7. The quantitative estimate of drug-likeness (QED) is 0.859. The Morgan fingerprint density at radius 2 is 2.11 bits per heavy atom. The lowest BCUT2D eigenvalue weighted by Gasteiger charge is -2.20. The number of rotatable bonds is 4. The molecular weight excluding hydrogens is 238 g/mol. The van der Waals surface area contributed by atoms with Crippen molar-refractivity contribution in [3.8, 4) is 11.4 Å². The number of nitrogens with two attached hydrogens (primary N) is 1. The number of ether oxygens (including phenoxy) is 1. The van der Waals surface area contributed by atoms with Gasteiger partial charge in [0, 0.05) is 30.2 Å². The predicted molar refractivity (Wildman–Crippen MR) is 77.8 cm³/mol. The Hall–Kier alpha value is -1.81. The van der Waals surface area contributed by atoms with E-state index in [1.807, 2.05) is 30.5 Å². The molecule has 1 aromatic carbocycles. The molecule has 0 saturated heterocycles. The number of nitrogens with zero attached hydrogens (tertiary/aromatic N) is 2. The molecule has 19 heavy (non-hydrogen) atoms. The molecule has 4 nitrogen and oxygen atoms in total. The molecular formula is C15H21N3O. The molecule has 0 fully saturated rings. The van der Waals surface area contributed by atoms with Crippen LogP contribution in [-0.2, 0) is 11.3 Å². The van der Waals surface area contributed by atoms with Gasteiger partial charge in [0.2, 0.25) is 0 Å². The first kappa shape index (κ1) is 13.6. The van der Waals surface area contributed by atoms with Crippen molar-refractivity contribution in [3.63, 3.8) is 0 Å². The fraction of sp³-hybridized carbons (Fsp3) is 0.400. The highest BCUT2D eigenvalue weighted by Crippen LogP contribution is 2.20. The molecule has 0 aliphatic heterocycles. The summed E-state index contributed by atoms with van der Waals surface area (Å²) in [5.74, 6) is 0.921. The molecule has 0 atom stereocenters.